The number of nitrogens with two attached hydrogens (primary N) is 1. The number of fused-ring (bicyclic) bond motifs is 1. The second-order valence-electron chi connectivity index (χ2n) is 3.63. The highest BCUT2D eigenvalue weighted by Gasteiger charge is 2.14. The molecule has 2 aromatic heterocycles. The molecule has 0 spiro atoms. The van der Waals surface area contributed by atoms with E-state index in [1.165, 1.54) is 6.33 Å². The van der Waals surface area contributed by atoms with Crippen LogP contribution in [0.3, 0.4) is 0 Å². The molecular weight excluding hydrogens is 260 g/mol. The molecule has 0 aliphatic rings. The number of ether oxygens (including phenoxy) is 1. The molecule has 3 N–H and O–H groups in total. The Morgan fingerprint density at radius 1 is 1.67 bits per heavy atom. The molecular formula is C9H13FN5O2P. The minimum atomic E-state index is -0.632. The van der Waals surface area contributed by atoms with Gasteiger partial charge in [0.2, 0.25) is 5.95 Å². The zero-order valence-electron chi connectivity index (χ0n) is 9.47. The van der Waals surface area contributed by atoms with Crippen LogP contribution in [0.15, 0.2) is 11.1 Å². The molecule has 1 unspecified atom stereocenters. The maximum atomic E-state index is 12.7. The third kappa shape index (κ3) is 2.49. The summed E-state index contributed by atoms with van der Waals surface area (Å²) >= 11 is 0. The first-order chi connectivity index (χ1) is 8.65. The van der Waals surface area contributed by atoms with Gasteiger partial charge < -0.3 is 15.0 Å². The van der Waals surface area contributed by atoms with Gasteiger partial charge in [0.15, 0.2) is 11.2 Å². The highest BCUT2D eigenvalue weighted by Crippen LogP contribution is 2.09. The molecule has 0 fully saturated rings. The Balaban J connectivity index is 2.37. The molecule has 98 valence electrons. The molecule has 0 bridgehead atoms. The lowest BCUT2D eigenvalue weighted by atomic mass is 10.4. The Morgan fingerprint density at radius 2 is 2.44 bits per heavy atom. The number of nitrogens with zero attached hydrogens (tertiary/aromatic N) is 3. The van der Waals surface area contributed by atoms with E-state index in [0.29, 0.717) is 12.0 Å². The topological polar surface area (TPSA) is 98.8 Å². The predicted octanol–water partition coefficient (Wildman–Crippen LogP) is -0.111. The summed E-state index contributed by atoms with van der Waals surface area (Å²) < 4.78 is 19.4. The number of nitrogen functional groups attached to an aromatic ring is 1. The first-order valence-corrected chi connectivity index (χ1v) is 6.05. The van der Waals surface area contributed by atoms with Gasteiger partial charge in [-0.3, -0.25) is 9.78 Å². The average Bonchev–Trinajstić information content (AvgIpc) is 2.72. The van der Waals surface area contributed by atoms with Crippen molar-refractivity contribution in [3.8, 4) is 0 Å². The smallest absolute Gasteiger partial charge is 0.280 e. The summed E-state index contributed by atoms with van der Waals surface area (Å²) in [4.78, 5) is 21.8. The van der Waals surface area contributed by atoms with E-state index in [-0.39, 0.29) is 18.0 Å². The van der Waals surface area contributed by atoms with Crippen molar-refractivity contribution in [1.29, 1.82) is 0 Å². The van der Waals surface area contributed by atoms with Gasteiger partial charge in [-0.15, -0.1) is 9.24 Å². The van der Waals surface area contributed by atoms with E-state index in [4.69, 9.17) is 10.5 Å². The van der Waals surface area contributed by atoms with Crippen molar-refractivity contribution in [2.45, 2.75) is 12.6 Å². The van der Waals surface area contributed by atoms with Crippen molar-refractivity contribution in [2.75, 3.05) is 18.8 Å². The molecule has 0 amide bonds. The van der Waals surface area contributed by atoms with Gasteiger partial charge >= 0.3 is 0 Å². The van der Waals surface area contributed by atoms with E-state index < -0.39 is 18.3 Å². The van der Waals surface area contributed by atoms with Gasteiger partial charge in [0.1, 0.15) is 12.8 Å². The van der Waals surface area contributed by atoms with Crippen LogP contribution in [0.25, 0.3) is 11.2 Å². The van der Waals surface area contributed by atoms with Crippen LogP contribution in [0, 0.1) is 0 Å². The minimum Gasteiger partial charge on any atom is -0.370 e. The van der Waals surface area contributed by atoms with Gasteiger partial charge in [0, 0.05) is 0 Å². The van der Waals surface area contributed by atoms with Crippen molar-refractivity contribution >= 4 is 26.4 Å². The Hall–Kier alpha value is -1.53. The summed E-state index contributed by atoms with van der Waals surface area (Å²) in [6.07, 6.45) is 1.14. The van der Waals surface area contributed by atoms with Crippen molar-refractivity contribution in [2.24, 2.45) is 0 Å². The molecule has 2 rings (SSSR count). The first-order valence-electron chi connectivity index (χ1n) is 5.24. The van der Waals surface area contributed by atoms with Crippen LogP contribution in [-0.2, 0) is 11.3 Å². The van der Waals surface area contributed by atoms with Crippen LogP contribution < -0.4 is 11.3 Å². The van der Waals surface area contributed by atoms with Crippen molar-refractivity contribution < 1.29 is 9.13 Å². The lowest BCUT2D eigenvalue weighted by Crippen LogP contribution is -2.22. The number of hydrogen-bond acceptors (Lipinski definition) is 5. The molecule has 0 aromatic carbocycles. The van der Waals surface area contributed by atoms with Gasteiger partial charge in [0.05, 0.1) is 19.2 Å². The SMILES string of the molecule is Nc1nc2c(ncn2C[C@@H](CF)OCP)c(=O)[nH]1. The van der Waals surface area contributed by atoms with Crippen molar-refractivity contribution in [1.82, 2.24) is 19.5 Å². The molecule has 9 heteroatoms. The van der Waals surface area contributed by atoms with Crippen LogP contribution in [0.5, 0.6) is 0 Å². The van der Waals surface area contributed by atoms with Crippen molar-refractivity contribution in [3.05, 3.63) is 16.7 Å². The number of aromatic amines is 1. The van der Waals surface area contributed by atoms with Crippen LogP contribution in [0.2, 0.25) is 0 Å². The quantitative estimate of drug-likeness (QED) is 0.740. The standard InChI is InChI=1S/C9H13FN5O2P/c10-1-5(17-4-18)2-15-3-12-6-7(15)13-9(11)14-8(6)16/h3,5H,1-2,4,18H2,(H3,11,13,14,16)/t5-/m1/s1. The highest BCUT2D eigenvalue weighted by atomic mass is 31.0. The monoisotopic (exact) mass is 273 g/mol. The number of hydrogen-bond donors (Lipinski definition) is 2. The van der Waals surface area contributed by atoms with E-state index in [0.717, 1.165) is 0 Å². The number of aromatic nitrogens is 4. The Labute approximate surface area is 104 Å². The second kappa shape index (κ2) is 5.41. The molecule has 2 atom stereocenters. The van der Waals surface area contributed by atoms with Gasteiger partial charge in [-0.2, -0.15) is 4.98 Å². The summed E-state index contributed by atoms with van der Waals surface area (Å²) in [6.45, 7) is -0.413. The van der Waals surface area contributed by atoms with E-state index in [2.05, 4.69) is 24.2 Å². The molecule has 0 saturated carbocycles. The highest BCUT2D eigenvalue weighted by molar-refractivity contribution is 7.16. The lowest BCUT2D eigenvalue weighted by molar-refractivity contribution is 0.0558. The molecule has 0 saturated heterocycles. The molecule has 18 heavy (non-hydrogen) atoms. The molecule has 2 heterocycles. The third-order valence-electron chi connectivity index (χ3n) is 2.40. The lowest BCUT2D eigenvalue weighted by Gasteiger charge is -2.13. The maximum absolute atomic E-state index is 12.7. The van der Waals surface area contributed by atoms with Gasteiger partial charge in [-0.1, -0.05) is 0 Å². The number of halogens is 1. The Kier molecular flexibility index (Phi) is 3.88. The zero-order valence-corrected chi connectivity index (χ0v) is 10.6. The summed E-state index contributed by atoms with van der Waals surface area (Å²) in [5, 5.41) is 0. The zero-order chi connectivity index (χ0) is 13.1. The Morgan fingerprint density at radius 3 is 3.11 bits per heavy atom. The molecule has 7 nitrogen and oxygen atoms in total. The predicted molar refractivity (Wildman–Crippen MR) is 68.0 cm³/mol. The van der Waals surface area contributed by atoms with Gasteiger partial charge in [-0.05, 0) is 0 Å². The number of nitrogens with one attached hydrogen (secondary N) is 1. The summed E-state index contributed by atoms with van der Waals surface area (Å²) in [6, 6.07) is 0. The number of alkyl halides is 1. The number of imidazole rings is 1. The van der Waals surface area contributed by atoms with Crippen molar-refractivity contribution in [3.63, 3.8) is 0 Å². The van der Waals surface area contributed by atoms with Gasteiger partial charge in [-0.25, -0.2) is 9.37 Å². The summed E-state index contributed by atoms with van der Waals surface area (Å²) in [5.74, 6) is -0.00184. The first kappa shape index (κ1) is 12.9. The fourth-order valence-corrected chi connectivity index (χ4v) is 1.88. The fourth-order valence-electron chi connectivity index (χ4n) is 1.61. The average molecular weight is 273 g/mol. The fraction of sp³-hybridized carbons (Fsp3) is 0.444. The third-order valence-corrected chi connectivity index (χ3v) is 2.59. The molecule has 0 radical (unpaired) electrons. The number of H-pyrrole nitrogens is 1. The van der Waals surface area contributed by atoms with E-state index in [1.54, 1.807) is 4.57 Å². The van der Waals surface area contributed by atoms with Crippen LogP contribution in [0.4, 0.5) is 10.3 Å². The molecule has 0 aliphatic carbocycles. The van der Waals surface area contributed by atoms with Crippen LogP contribution in [-0.4, -0.2) is 38.6 Å². The minimum absolute atomic E-state index is 0.00184. The molecule has 0 aliphatic heterocycles. The van der Waals surface area contributed by atoms with E-state index in [1.807, 2.05) is 0 Å². The van der Waals surface area contributed by atoms with Crippen LogP contribution >= 0.6 is 9.24 Å². The number of rotatable bonds is 5. The Bertz CT molecular complexity index is 598. The maximum Gasteiger partial charge on any atom is 0.280 e. The summed E-state index contributed by atoms with van der Waals surface area (Å²) in [5.41, 5.74) is 5.54. The normalized spacial score (nSPS) is 13.0. The van der Waals surface area contributed by atoms with E-state index in [9.17, 15) is 9.18 Å². The molecule has 2 aromatic rings. The largest absolute Gasteiger partial charge is 0.370 e. The summed E-state index contributed by atoms with van der Waals surface area (Å²) in [7, 11) is 2.35. The second-order valence-corrected chi connectivity index (χ2v) is 3.96. The number of anilines is 1. The van der Waals surface area contributed by atoms with Crippen LogP contribution in [0.1, 0.15) is 0 Å². The van der Waals surface area contributed by atoms with Gasteiger partial charge in [0.25, 0.3) is 5.56 Å². The van der Waals surface area contributed by atoms with E-state index >= 15 is 0 Å².